The average molecular weight is 284 g/mol. The standard InChI is InChI=1S/C15H28N2O3/c1-5-7-15(4,12(18)19)16-13(20)17-10-8-14(3,6-2)9-11-17/h5-11H2,1-4H3,(H,16,20)(H,18,19). The molecule has 1 rings (SSSR count). The van der Waals surface area contributed by atoms with Gasteiger partial charge in [0, 0.05) is 13.1 Å². The normalized spacial score (nSPS) is 21.1. The maximum Gasteiger partial charge on any atom is 0.329 e. The van der Waals surface area contributed by atoms with Gasteiger partial charge in [0.05, 0.1) is 0 Å². The van der Waals surface area contributed by atoms with E-state index in [4.69, 9.17) is 0 Å². The van der Waals surface area contributed by atoms with Crippen LogP contribution in [-0.2, 0) is 4.79 Å². The smallest absolute Gasteiger partial charge is 0.329 e. The minimum absolute atomic E-state index is 0.249. The Hall–Kier alpha value is -1.26. The van der Waals surface area contributed by atoms with E-state index in [0.717, 1.165) is 25.7 Å². The molecule has 5 nitrogen and oxygen atoms in total. The van der Waals surface area contributed by atoms with Crippen molar-refractivity contribution >= 4 is 12.0 Å². The summed E-state index contributed by atoms with van der Waals surface area (Å²) in [6, 6.07) is -0.249. The molecule has 2 N–H and O–H groups in total. The zero-order valence-corrected chi connectivity index (χ0v) is 13.2. The molecule has 0 radical (unpaired) electrons. The van der Waals surface area contributed by atoms with Crippen molar-refractivity contribution in [3.63, 3.8) is 0 Å². The minimum Gasteiger partial charge on any atom is -0.480 e. The highest BCUT2D eigenvalue weighted by atomic mass is 16.4. The van der Waals surface area contributed by atoms with Gasteiger partial charge in [-0.15, -0.1) is 0 Å². The molecule has 2 amide bonds. The Morgan fingerprint density at radius 3 is 2.25 bits per heavy atom. The molecular weight excluding hydrogens is 256 g/mol. The van der Waals surface area contributed by atoms with Gasteiger partial charge >= 0.3 is 12.0 Å². The lowest BCUT2D eigenvalue weighted by Crippen LogP contribution is -2.57. The molecule has 20 heavy (non-hydrogen) atoms. The number of carbonyl (C=O) groups is 2. The van der Waals surface area contributed by atoms with Crippen LogP contribution in [-0.4, -0.2) is 40.6 Å². The number of carboxylic acids is 1. The second-order valence-electron chi connectivity index (χ2n) is 6.47. The van der Waals surface area contributed by atoms with E-state index in [-0.39, 0.29) is 6.03 Å². The molecule has 0 aromatic heterocycles. The number of carboxylic acid groups (broad SMARTS) is 1. The second kappa shape index (κ2) is 6.46. The Balaban J connectivity index is 2.61. The number of aliphatic carboxylic acids is 1. The summed E-state index contributed by atoms with van der Waals surface area (Å²) in [7, 11) is 0. The van der Waals surface area contributed by atoms with E-state index in [1.54, 1.807) is 11.8 Å². The first kappa shape index (κ1) is 16.8. The summed E-state index contributed by atoms with van der Waals surface area (Å²) in [6.45, 7) is 9.34. The van der Waals surface area contributed by atoms with Crippen LogP contribution in [0.4, 0.5) is 4.79 Å². The largest absolute Gasteiger partial charge is 0.480 e. The fourth-order valence-electron chi connectivity index (χ4n) is 2.64. The van der Waals surface area contributed by atoms with Crippen molar-refractivity contribution in [2.24, 2.45) is 5.41 Å². The van der Waals surface area contributed by atoms with Crippen LogP contribution in [0.1, 0.15) is 59.8 Å². The summed E-state index contributed by atoms with van der Waals surface area (Å²) in [6.07, 6.45) is 4.24. The topological polar surface area (TPSA) is 69.6 Å². The van der Waals surface area contributed by atoms with Crippen LogP contribution in [0.3, 0.4) is 0 Å². The van der Waals surface area contributed by atoms with Crippen LogP contribution in [0, 0.1) is 5.41 Å². The first-order valence-corrected chi connectivity index (χ1v) is 7.57. The number of rotatable bonds is 5. The summed E-state index contributed by atoms with van der Waals surface area (Å²) in [5.41, 5.74) is -0.854. The van der Waals surface area contributed by atoms with Crippen LogP contribution in [0.5, 0.6) is 0 Å². The van der Waals surface area contributed by atoms with Crippen LogP contribution in [0.15, 0.2) is 0 Å². The molecule has 0 bridgehead atoms. The maximum atomic E-state index is 12.2. The zero-order chi connectivity index (χ0) is 15.4. The molecule has 0 spiro atoms. The molecule has 116 valence electrons. The van der Waals surface area contributed by atoms with Gasteiger partial charge in [0.2, 0.25) is 0 Å². The minimum atomic E-state index is -1.17. The van der Waals surface area contributed by atoms with Crippen molar-refractivity contribution in [2.75, 3.05) is 13.1 Å². The summed E-state index contributed by atoms with van der Waals surface area (Å²) in [5, 5.41) is 12.0. The zero-order valence-electron chi connectivity index (χ0n) is 13.2. The maximum absolute atomic E-state index is 12.2. The van der Waals surface area contributed by atoms with Crippen molar-refractivity contribution in [1.29, 1.82) is 0 Å². The number of piperidine rings is 1. The van der Waals surface area contributed by atoms with Crippen LogP contribution < -0.4 is 5.32 Å². The monoisotopic (exact) mass is 284 g/mol. The fraction of sp³-hybridized carbons (Fsp3) is 0.867. The number of nitrogens with one attached hydrogen (secondary N) is 1. The SMILES string of the molecule is CCCC(C)(NC(=O)N1CCC(C)(CC)CC1)C(=O)O. The molecule has 0 saturated carbocycles. The van der Waals surface area contributed by atoms with Gasteiger partial charge in [0.15, 0.2) is 0 Å². The fourth-order valence-corrected chi connectivity index (χ4v) is 2.64. The molecule has 1 heterocycles. The first-order chi connectivity index (χ1) is 9.26. The quantitative estimate of drug-likeness (QED) is 0.815. The van der Waals surface area contributed by atoms with E-state index in [9.17, 15) is 14.7 Å². The Bertz CT molecular complexity index is 362. The number of likely N-dealkylation sites (tertiary alicyclic amines) is 1. The molecule has 0 aliphatic carbocycles. The van der Waals surface area contributed by atoms with Crippen molar-refractivity contribution in [3.8, 4) is 0 Å². The molecule has 1 fully saturated rings. The molecule has 0 aromatic carbocycles. The van der Waals surface area contributed by atoms with Crippen molar-refractivity contribution in [1.82, 2.24) is 10.2 Å². The van der Waals surface area contributed by atoms with E-state index in [0.29, 0.717) is 24.9 Å². The number of nitrogens with zero attached hydrogens (tertiary/aromatic N) is 1. The highest BCUT2D eigenvalue weighted by molar-refractivity contribution is 5.85. The third-order valence-electron chi connectivity index (χ3n) is 4.72. The molecule has 1 aliphatic rings. The van der Waals surface area contributed by atoms with Crippen LogP contribution >= 0.6 is 0 Å². The third-order valence-corrected chi connectivity index (χ3v) is 4.72. The van der Waals surface area contributed by atoms with Crippen LogP contribution in [0.2, 0.25) is 0 Å². The van der Waals surface area contributed by atoms with Gasteiger partial charge in [-0.25, -0.2) is 9.59 Å². The van der Waals surface area contributed by atoms with Gasteiger partial charge in [0.25, 0.3) is 0 Å². The molecule has 0 aromatic rings. The molecule has 5 heteroatoms. The van der Waals surface area contributed by atoms with Gasteiger partial charge in [-0.2, -0.15) is 0 Å². The van der Waals surface area contributed by atoms with Gasteiger partial charge in [0.1, 0.15) is 5.54 Å². The lowest BCUT2D eigenvalue weighted by atomic mass is 9.78. The van der Waals surface area contributed by atoms with E-state index >= 15 is 0 Å². The lowest BCUT2D eigenvalue weighted by molar-refractivity contribution is -0.144. The first-order valence-electron chi connectivity index (χ1n) is 7.57. The van der Waals surface area contributed by atoms with Gasteiger partial charge < -0.3 is 15.3 Å². The highest BCUT2D eigenvalue weighted by Gasteiger charge is 2.37. The van der Waals surface area contributed by atoms with Gasteiger partial charge in [-0.1, -0.05) is 33.6 Å². The number of hydrogen-bond donors (Lipinski definition) is 2. The number of urea groups is 1. The summed E-state index contributed by atoms with van der Waals surface area (Å²) < 4.78 is 0. The van der Waals surface area contributed by atoms with Gasteiger partial charge in [-0.05, 0) is 31.6 Å². The molecular formula is C15H28N2O3. The lowest BCUT2D eigenvalue weighted by Gasteiger charge is -2.40. The molecule has 1 saturated heterocycles. The Kier molecular flexibility index (Phi) is 5.42. The summed E-state index contributed by atoms with van der Waals surface area (Å²) >= 11 is 0. The van der Waals surface area contributed by atoms with E-state index in [2.05, 4.69) is 19.2 Å². The number of amides is 2. The predicted octanol–water partition coefficient (Wildman–Crippen LogP) is 2.85. The Morgan fingerprint density at radius 2 is 1.85 bits per heavy atom. The predicted molar refractivity (Wildman–Crippen MR) is 78.7 cm³/mol. The second-order valence-corrected chi connectivity index (χ2v) is 6.47. The number of hydrogen-bond acceptors (Lipinski definition) is 2. The van der Waals surface area contributed by atoms with E-state index in [1.807, 2.05) is 6.92 Å². The summed E-state index contributed by atoms with van der Waals surface area (Å²) in [4.78, 5) is 25.3. The van der Waals surface area contributed by atoms with E-state index < -0.39 is 11.5 Å². The molecule has 1 aliphatic heterocycles. The Morgan fingerprint density at radius 1 is 1.30 bits per heavy atom. The van der Waals surface area contributed by atoms with E-state index in [1.165, 1.54) is 0 Å². The third kappa shape index (κ3) is 3.87. The van der Waals surface area contributed by atoms with Crippen LogP contribution in [0.25, 0.3) is 0 Å². The molecule has 1 unspecified atom stereocenters. The highest BCUT2D eigenvalue weighted by Crippen LogP contribution is 2.33. The average Bonchev–Trinajstić information content (AvgIpc) is 2.39. The van der Waals surface area contributed by atoms with Crippen molar-refractivity contribution in [3.05, 3.63) is 0 Å². The van der Waals surface area contributed by atoms with Gasteiger partial charge in [-0.3, -0.25) is 0 Å². The number of carbonyl (C=O) groups excluding carboxylic acids is 1. The summed E-state index contributed by atoms with van der Waals surface area (Å²) in [5.74, 6) is -0.969. The van der Waals surface area contributed by atoms with Crippen molar-refractivity contribution in [2.45, 2.75) is 65.3 Å². The molecule has 1 atom stereocenters. The Labute approximate surface area is 121 Å². The van der Waals surface area contributed by atoms with Crippen molar-refractivity contribution < 1.29 is 14.7 Å².